The van der Waals surface area contributed by atoms with Gasteiger partial charge in [-0.3, -0.25) is 0 Å². The van der Waals surface area contributed by atoms with Gasteiger partial charge in [0, 0.05) is 6.42 Å². The molecule has 45 heavy (non-hydrogen) atoms. The zero-order chi connectivity index (χ0) is 33.6. The molecule has 4 nitrogen and oxygen atoms in total. The minimum Gasteiger partial charge on any atom is -0.490 e. The quantitative estimate of drug-likeness (QED) is 0.105. The maximum atomic E-state index is 13.9. The van der Waals surface area contributed by atoms with E-state index in [-0.39, 0.29) is 22.8 Å². The molecule has 0 saturated heterocycles. The largest absolute Gasteiger partial charge is 0.864 e. The summed E-state index contributed by atoms with van der Waals surface area (Å²) in [4.78, 5) is 0. The Morgan fingerprint density at radius 3 is 1.33 bits per heavy atom. The summed E-state index contributed by atoms with van der Waals surface area (Å²) in [7, 11) is -1.82. The first-order valence-electron chi connectivity index (χ1n) is 14.4. The van der Waals surface area contributed by atoms with E-state index in [9.17, 15) is 39.5 Å². The fourth-order valence-corrected chi connectivity index (χ4v) is 5.27. The highest BCUT2D eigenvalue weighted by Gasteiger charge is 2.41. The highest BCUT2D eigenvalue weighted by atomic mass is 19.4. The van der Waals surface area contributed by atoms with Crippen molar-refractivity contribution in [3.8, 4) is 17.2 Å². The highest BCUT2D eigenvalue weighted by Crippen LogP contribution is 2.42. The molecule has 0 heterocycles. The second kappa shape index (κ2) is 14.3. The number of nitrogens with zero attached hydrogens (tertiary/aromatic N) is 1. The molecule has 14 heteroatoms. The lowest BCUT2D eigenvalue weighted by molar-refractivity contribution is -0.953. The second-order valence-electron chi connectivity index (χ2n) is 10.4. The number of rotatable bonds is 13. The summed E-state index contributed by atoms with van der Waals surface area (Å²) in [5.74, 6) is -0.346. The molecule has 0 N–H and O–H groups in total. The Bertz CT molecular complexity index is 1300. The first-order chi connectivity index (χ1) is 21.0. The Kier molecular flexibility index (Phi) is 11.4. The van der Waals surface area contributed by atoms with Crippen molar-refractivity contribution in [2.45, 2.75) is 65.1 Å². The van der Waals surface area contributed by atoms with E-state index in [0.29, 0.717) is 37.0 Å². The van der Waals surface area contributed by atoms with Crippen LogP contribution >= 0.6 is 0 Å². The van der Waals surface area contributed by atoms with Crippen molar-refractivity contribution in [2.24, 2.45) is 0 Å². The van der Waals surface area contributed by atoms with E-state index in [0.717, 1.165) is 66.7 Å². The molecule has 3 aromatic carbocycles. The fourth-order valence-electron chi connectivity index (χ4n) is 5.27. The molecule has 0 aliphatic rings. The normalized spacial score (nSPS) is 13.4. The lowest BCUT2D eigenvalue weighted by Gasteiger charge is -2.44. The first kappa shape index (κ1) is 35.9. The molecule has 1 atom stereocenters. The number of benzene rings is 3. The molecule has 0 fully saturated rings. The van der Waals surface area contributed by atoms with Gasteiger partial charge >= 0.3 is 25.9 Å². The van der Waals surface area contributed by atoms with Crippen LogP contribution in [0.4, 0.5) is 39.5 Å². The molecule has 0 aliphatic carbocycles. The summed E-state index contributed by atoms with van der Waals surface area (Å²) >= 11 is 0. The first-order valence-corrected chi connectivity index (χ1v) is 14.4. The van der Waals surface area contributed by atoms with Gasteiger partial charge in [0.25, 0.3) is 0 Å². The average Bonchev–Trinajstić information content (AvgIpc) is 2.97. The number of quaternary nitrogens is 1. The topological polar surface area (TPSA) is 27.7 Å². The zero-order valence-corrected chi connectivity index (χ0v) is 25.1. The van der Waals surface area contributed by atoms with Crippen molar-refractivity contribution in [2.75, 3.05) is 19.6 Å². The van der Waals surface area contributed by atoms with Crippen LogP contribution in [0.1, 0.15) is 68.8 Å². The summed E-state index contributed by atoms with van der Waals surface area (Å²) in [5.41, 5.74) is -2.61. The van der Waals surface area contributed by atoms with Gasteiger partial charge < -0.3 is 18.4 Å². The Morgan fingerprint density at radius 1 is 0.578 bits per heavy atom. The minimum absolute atomic E-state index is 0.0388. The number of alkyl halides is 9. The van der Waals surface area contributed by atoms with Gasteiger partial charge in [-0.25, -0.2) is 0 Å². The lowest BCUT2D eigenvalue weighted by atomic mass is 9.94. The zero-order valence-electron chi connectivity index (χ0n) is 25.1. The van der Waals surface area contributed by atoms with E-state index < -0.39 is 48.6 Å². The van der Waals surface area contributed by atoms with Gasteiger partial charge in [0.2, 0.25) is 0 Å². The van der Waals surface area contributed by atoms with Gasteiger partial charge in [-0.1, -0.05) is 13.3 Å². The maximum Gasteiger partial charge on any atom is 0.864 e. The van der Waals surface area contributed by atoms with Crippen LogP contribution < -0.4 is 14.0 Å². The fraction of sp³-hybridized carbons (Fsp3) is 0.419. The standard InChI is InChI=1S/C31H34BF9NO3/c1-5-9-27(42(6-2,7-3)8-4)26-20-23(31(39,40)41)14-19-28(26)45-32(43-24-15-10-21(11-16-24)29(33,34)35)44-25-17-12-22(13-18-25)30(36,37)38/h10-20,27H,5-9H2,1-4H3/q+1. The van der Waals surface area contributed by atoms with Crippen molar-refractivity contribution in [1.82, 2.24) is 0 Å². The molecule has 0 radical (unpaired) electrons. The van der Waals surface area contributed by atoms with Crippen molar-refractivity contribution in [3.63, 3.8) is 0 Å². The monoisotopic (exact) mass is 650 g/mol. The Labute approximate surface area is 256 Å². The molecule has 0 saturated carbocycles. The van der Waals surface area contributed by atoms with Crippen molar-refractivity contribution in [1.29, 1.82) is 0 Å². The van der Waals surface area contributed by atoms with E-state index >= 15 is 0 Å². The second-order valence-corrected chi connectivity index (χ2v) is 10.4. The van der Waals surface area contributed by atoms with Crippen LogP contribution in [0.3, 0.4) is 0 Å². The molecule has 1 unspecified atom stereocenters. The number of hydrogen-bond donors (Lipinski definition) is 0. The van der Waals surface area contributed by atoms with Crippen molar-refractivity contribution in [3.05, 3.63) is 89.0 Å². The van der Waals surface area contributed by atoms with E-state index in [2.05, 4.69) is 0 Å². The molecule has 3 aromatic rings. The Hall–Kier alpha value is -3.55. The van der Waals surface area contributed by atoms with Gasteiger partial charge in [0.15, 0.2) is 0 Å². The van der Waals surface area contributed by atoms with Crippen LogP contribution in [0.25, 0.3) is 0 Å². The molecule has 3 rings (SSSR count). The van der Waals surface area contributed by atoms with Crippen LogP contribution in [0.5, 0.6) is 17.2 Å². The predicted octanol–water partition coefficient (Wildman–Crippen LogP) is 9.98. The molecular formula is C31H34BF9NO3+. The molecule has 0 aromatic heterocycles. The van der Waals surface area contributed by atoms with Gasteiger partial charge in [0.05, 0.1) is 41.9 Å². The summed E-state index contributed by atoms with van der Waals surface area (Å²) in [6.45, 7) is 9.51. The molecule has 246 valence electrons. The Morgan fingerprint density at radius 2 is 0.978 bits per heavy atom. The number of hydrogen-bond acceptors (Lipinski definition) is 3. The van der Waals surface area contributed by atoms with E-state index in [4.69, 9.17) is 14.0 Å². The van der Waals surface area contributed by atoms with Crippen LogP contribution in [0, 0.1) is 0 Å². The van der Waals surface area contributed by atoms with Crippen LogP contribution in [-0.4, -0.2) is 31.4 Å². The van der Waals surface area contributed by atoms with Gasteiger partial charge in [-0.05, 0) is 87.5 Å². The summed E-state index contributed by atoms with van der Waals surface area (Å²) < 4.78 is 138. The highest BCUT2D eigenvalue weighted by molar-refractivity contribution is 6.39. The Balaban J connectivity index is 2.12. The maximum absolute atomic E-state index is 13.9. The third-order valence-corrected chi connectivity index (χ3v) is 7.86. The van der Waals surface area contributed by atoms with Crippen LogP contribution in [-0.2, 0) is 18.5 Å². The molecule has 0 amide bonds. The summed E-state index contributed by atoms with van der Waals surface area (Å²) in [6.07, 6.45) is -12.8. The van der Waals surface area contributed by atoms with Gasteiger partial charge in [-0.2, -0.15) is 39.5 Å². The average molecular weight is 650 g/mol. The summed E-state index contributed by atoms with van der Waals surface area (Å²) in [5, 5.41) is 0. The van der Waals surface area contributed by atoms with Crippen LogP contribution in [0.2, 0.25) is 0 Å². The SMILES string of the molecule is CCCC(c1cc(C(F)(F)F)ccc1OB(Oc1ccc(C(F)(F)F)cc1)Oc1ccc(C(F)(F)F)cc1)[N+](CC)(CC)CC. The van der Waals surface area contributed by atoms with Gasteiger partial charge in [0.1, 0.15) is 23.3 Å². The van der Waals surface area contributed by atoms with Crippen LogP contribution in [0.15, 0.2) is 66.7 Å². The lowest BCUT2D eigenvalue weighted by Crippen LogP contribution is -2.50. The molecule has 0 aliphatic heterocycles. The van der Waals surface area contributed by atoms with Crippen molar-refractivity contribution >= 4 is 7.32 Å². The number of halogens is 9. The van der Waals surface area contributed by atoms with E-state index in [1.54, 1.807) is 0 Å². The smallest absolute Gasteiger partial charge is 0.490 e. The van der Waals surface area contributed by atoms with Gasteiger partial charge in [-0.15, -0.1) is 0 Å². The molecule has 0 spiro atoms. The third kappa shape index (κ3) is 9.02. The third-order valence-electron chi connectivity index (χ3n) is 7.86. The van der Waals surface area contributed by atoms with E-state index in [1.807, 2.05) is 27.7 Å². The minimum atomic E-state index is -4.67. The predicted molar refractivity (Wildman–Crippen MR) is 152 cm³/mol. The molecule has 0 bridgehead atoms. The molecular weight excluding hydrogens is 616 g/mol. The van der Waals surface area contributed by atoms with E-state index in [1.165, 1.54) is 0 Å². The summed E-state index contributed by atoms with van der Waals surface area (Å²) in [6, 6.07) is 9.49. The van der Waals surface area contributed by atoms with Crippen molar-refractivity contribution < 1.29 is 58.0 Å².